The Morgan fingerprint density at radius 2 is 2.05 bits per heavy atom. The van der Waals surface area contributed by atoms with E-state index >= 15 is 0 Å². The third-order valence-electron chi connectivity index (χ3n) is 2.28. The van der Waals surface area contributed by atoms with Crippen molar-refractivity contribution in [3.05, 3.63) is 30.1 Å². The molecule has 0 fully saturated rings. The van der Waals surface area contributed by atoms with Crippen LogP contribution in [0.5, 0.6) is 0 Å². The van der Waals surface area contributed by atoms with E-state index in [2.05, 4.69) is 10.3 Å². The molecule has 0 unspecified atom stereocenters. The number of aliphatic carboxylic acids is 1. The smallest absolute Gasteiger partial charge is 0.408 e. The molecule has 20 heavy (non-hydrogen) atoms. The van der Waals surface area contributed by atoms with Crippen molar-refractivity contribution in [3.63, 3.8) is 0 Å². The van der Waals surface area contributed by atoms with Gasteiger partial charge in [-0.25, -0.2) is 9.59 Å². The third kappa shape index (κ3) is 4.85. The molecule has 0 aromatic carbocycles. The van der Waals surface area contributed by atoms with Crippen molar-refractivity contribution in [2.75, 3.05) is 0 Å². The second-order valence-electron chi connectivity index (χ2n) is 5.19. The Bertz CT molecular complexity index is 469. The topological polar surface area (TPSA) is 109 Å². The molecule has 7 nitrogen and oxygen atoms in total. The number of alkyl carbamates (subject to hydrolysis) is 1. The zero-order chi connectivity index (χ0) is 15.3. The Hall–Kier alpha value is -2.15. The van der Waals surface area contributed by atoms with Crippen molar-refractivity contribution < 1.29 is 24.5 Å². The molecule has 7 heteroatoms. The number of carboxylic acid groups (broad SMARTS) is 1. The maximum absolute atomic E-state index is 11.6. The minimum atomic E-state index is -1.52. The summed E-state index contributed by atoms with van der Waals surface area (Å²) in [5, 5.41) is 21.2. The number of rotatable bonds is 4. The predicted molar refractivity (Wildman–Crippen MR) is 70.0 cm³/mol. The third-order valence-corrected chi connectivity index (χ3v) is 2.28. The van der Waals surface area contributed by atoms with E-state index in [1.807, 2.05) is 0 Å². The lowest BCUT2D eigenvalue weighted by Crippen LogP contribution is -2.46. The van der Waals surface area contributed by atoms with Gasteiger partial charge in [-0.15, -0.1) is 0 Å². The summed E-state index contributed by atoms with van der Waals surface area (Å²) in [6.07, 6.45) is 0.492. The summed E-state index contributed by atoms with van der Waals surface area (Å²) in [7, 11) is 0. The van der Waals surface area contributed by atoms with Crippen LogP contribution in [0.1, 0.15) is 32.4 Å². The normalized spacial score (nSPS) is 14.2. The molecule has 0 bridgehead atoms. The number of nitrogens with one attached hydrogen (secondary N) is 1. The molecule has 110 valence electrons. The summed E-state index contributed by atoms with van der Waals surface area (Å²) in [5.41, 5.74) is -0.470. The average Bonchev–Trinajstić information content (AvgIpc) is 2.34. The van der Waals surface area contributed by atoms with Gasteiger partial charge in [0, 0.05) is 18.0 Å². The van der Waals surface area contributed by atoms with Gasteiger partial charge in [-0.2, -0.15) is 0 Å². The van der Waals surface area contributed by atoms with E-state index < -0.39 is 29.8 Å². The quantitative estimate of drug-likeness (QED) is 0.762. The summed E-state index contributed by atoms with van der Waals surface area (Å²) < 4.78 is 4.96. The summed E-state index contributed by atoms with van der Waals surface area (Å²) in [4.78, 5) is 26.5. The maximum atomic E-state index is 11.6. The standard InChI is InChI=1S/C13H18N2O5/c1-13(2,3)20-12(19)15-9(11(17)18)10(16)8-5-4-6-14-7-8/h4-7,9-10,16H,1-3H3,(H,15,19)(H,17,18)/t9-,10-/m0/s1. The van der Waals surface area contributed by atoms with E-state index in [4.69, 9.17) is 9.84 Å². The molecule has 0 radical (unpaired) electrons. The highest BCUT2D eigenvalue weighted by molar-refractivity contribution is 5.80. The van der Waals surface area contributed by atoms with Gasteiger partial charge in [-0.05, 0) is 26.8 Å². The molecular formula is C13H18N2O5. The molecule has 0 aliphatic carbocycles. The van der Waals surface area contributed by atoms with Crippen molar-refractivity contribution in [3.8, 4) is 0 Å². The Kier molecular flexibility index (Phi) is 5.04. The number of carboxylic acids is 1. The molecule has 1 aromatic rings. The fourth-order valence-corrected chi connectivity index (χ4v) is 1.45. The van der Waals surface area contributed by atoms with Crippen LogP contribution in [0.25, 0.3) is 0 Å². The minimum absolute atomic E-state index is 0.288. The number of amides is 1. The number of aliphatic hydroxyl groups is 1. The van der Waals surface area contributed by atoms with Crippen molar-refractivity contribution in [2.24, 2.45) is 0 Å². The van der Waals surface area contributed by atoms with Gasteiger partial charge in [-0.1, -0.05) is 6.07 Å². The summed E-state index contributed by atoms with van der Waals surface area (Å²) in [6, 6.07) is 1.56. The fourth-order valence-electron chi connectivity index (χ4n) is 1.45. The second-order valence-corrected chi connectivity index (χ2v) is 5.19. The van der Waals surface area contributed by atoms with Gasteiger partial charge in [-0.3, -0.25) is 4.98 Å². The van der Waals surface area contributed by atoms with E-state index in [0.717, 1.165) is 0 Å². The molecular weight excluding hydrogens is 264 g/mol. The number of ether oxygens (including phenoxy) is 1. The molecule has 3 N–H and O–H groups in total. The minimum Gasteiger partial charge on any atom is -0.480 e. The van der Waals surface area contributed by atoms with Crippen molar-refractivity contribution >= 4 is 12.1 Å². The van der Waals surface area contributed by atoms with Crippen LogP contribution in [0, 0.1) is 0 Å². The summed E-state index contributed by atoms with van der Waals surface area (Å²) >= 11 is 0. The van der Waals surface area contributed by atoms with Crippen molar-refractivity contribution in [1.29, 1.82) is 0 Å². The molecule has 1 amide bonds. The lowest BCUT2D eigenvalue weighted by atomic mass is 10.0. The number of nitrogens with zero attached hydrogens (tertiary/aromatic N) is 1. The predicted octanol–water partition coefficient (Wildman–Crippen LogP) is 1.09. The Morgan fingerprint density at radius 3 is 2.50 bits per heavy atom. The first-order chi connectivity index (χ1) is 9.20. The first kappa shape index (κ1) is 15.9. The molecule has 2 atom stereocenters. The zero-order valence-corrected chi connectivity index (χ0v) is 11.5. The van der Waals surface area contributed by atoms with E-state index in [-0.39, 0.29) is 5.56 Å². The van der Waals surface area contributed by atoms with Crippen LogP contribution in [-0.4, -0.2) is 38.9 Å². The van der Waals surface area contributed by atoms with Crippen LogP contribution in [0.3, 0.4) is 0 Å². The van der Waals surface area contributed by atoms with Crippen LogP contribution in [0.2, 0.25) is 0 Å². The molecule has 0 aliphatic heterocycles. The maximum Gasteiger partial charge on any atom is 0.408 e. The number of carbonyl (C=O) groups is 2. The average molecular weight is 282 g/mol. The number of aliphatic hydroxyl groups excluding tert-OH is 1. The van der Waals surface area contributed by atoms with E-state index in [0.29, 0.717) is 0 Å². The molecule has 0 saturated carbocycles. The molecule has 1 heterocycles. The van der Waals surface area contributed by atoms with Gasteiger partial charge in [0.1, 0.15) is 11.7 Å². The lowest BCUT2D eigenvalue weighted by Gasteiger charge is -2.24. The fraction of sp³-hybridized carbons (Fsp3) is 0.462. The first-order valence-corrected chi connectivity index (χ1v) is 6.01. The van der Waals surface area contributed by atoms with Gasteiger partial charge in [0.2, 0.25) is 0 Å². The van der Waals surface area contributed by atoms with Gasteiger partial charge < -0.3 is 20.3 Å². The highest BCUT2D eigenvalue weighted by Crippen LogP contribution is 2.16. The van der Waals surface area contributed by atoms with Gasteiger partial charge in [0.25, 0.3) is 0 Å². The monoisotopic (exact) mass is 282 g/mol. The largest absolute Gasteiger partial charge is 0.480 e. The van der Waals surface area contributed by atoms with E-state index in [1.165, 1.54) is 18.5 Å². The molecule has 0 aliphatic rings. The highest BCUT2D eigenvalue weighted by Gasteiger charge is 2.31. The second kappa shape index (κ2) is 6.33. The van der Waals surface area contributed by atoms with Crippen LogP contribution in [0.4, 0.5) is 4.79 Å². The van der Waals surface area contributed by atoms with Gasteiger partial charge in [0.15, 0.2) is 6.04 Å². The number of aromatic nitrogens is 1. The Labute approximate surface area is 116 Å². The zero-order valence-electron chi connectivity index (χ0n) is 11.5. The number of hydrogen-bond acceptors (Lipinski definition) is 5. The summed E-state index contributed by atoms with van der Waals surface area (Å²) in [5.74, 6) is -1.37. The van der Waals surface area contributed by atoms with Crippen LogP contribution in [-0.2, 0) is 9.53 Å². The Balaban J connectivity index is 2.80. The van der Waals surface area contributed by atoms with Crippen LogP contribution in [0.15, 0.2) is 24.5 Å². The van der Waals surface area contributed by atoms with Crippen molar-refractivity contribution in [2.45, 2.75) is 38.5 Å². The van der Waals surface area contributed by atoms with E-state index in [9.17, 15) is 14.7 Å². The highest BCUT2D eigenvalue weighted by atomic mass is 16.6. The molecule has 1 rings (SSSR count). The first-order valence-electron chi connectivity index (χ1n) is 6.01. The molecule has 0 saturated heterocycles. The van der Waals surface area contributed by atoms with Gasteiger partial charge in [0.05, 0.1) is 0 Å². The number of hydrogen-bond donors (Lipinski definition) is 3. The van der Waals surface area contributed by atoms with Gasteiger partial charge >= 0.3 is 12.1 Å². The number of carbonyl (C=O) groups excluding carboxylic acids is 1. The molecule has 1 aromatic heterocycles. The van der Waals surface area contributed by atoms with Crippen molar-refractivity contribution in [1.82, 2.24) is 10.3 Å². The van der Waals surface area contributed by atoms with Crippen LogP contribution < -0.4 is 5.32 Å². The Morgan fingerprint density at radius 1 is 1.40 bits per heavy atom. The summed E-state index contributed by atoms with van der Waals surface area (Å²) in [6.45, 7) is 4.96. The SMILES string of the molecule is CC(C)(C)OC(=O)N[C@H](C(=O)O)[C@@H](O)c1cccnc1. The van der Waals surface area contributed by atoms with Crippen LogP contribution >= 0.6 is 0 Å². The van der Waals surface area contributed by atoms with E-state index in [1.54, 1.807) is 26.8 Å². The number of pyridine rings is 1. The lowest BCUT2D eigenvalue weighted by molar-refractivity contribution is -0.142. The molecule has 0 spiro atoms.